The number of pyridine rings is 1. The van der Waals surface area contributed by atoms with Crippen molar-refractivity contribution in [2.45, 2.75) is 0 Å². The predicted octanol–water partition coefficient (Wildman–Crippen LogP) is 3.91. The highest BCUT2D eigenvalue weighted by atomic mass is 79.9. The van der Waals surface area contributed by atoms with Crippen LogP contribution >= 0.6 is 15.9 Å². The summed E-state index contributed by atoms with van der Waals surface area (Å²) in [6.45, 7) is -0.227. The molecule has 0 amide bonds. The van der Waals surface area contributed by atoms with Crippen molar-refractivity contribution < 1.29 is 4.39 Å². The third-order valence-corrected chi connectivity index (χ3v) is 3.50. The minimum absolute atomic E-state index is 0.223. The lowest BCUT2D eigenvalue weighted by molar-refractivity contribution is 0.512. The van der Waals surface area contributed by atoms with Crippen LogP contribution in [0.25, 0.3) is 10.9 Å². The summed E-state index contributed by atoms with van der Waals surface area (Å²) in [5.74, 6) is 1.27. The molecule has 0 radical (unpaired) electrons. The second kappa shape index (κ2) is 6.65. The van der Waals surface area contributed by atoms with Crippen LogP contribution < -0.4 is 10.6 Å². The van der Waals surface area contributed by atoms with Crippen molar-refractivity contribution in [2.24, 2.45) is 0 Å². The maximum absolute atomic E-state index is 12.3. The van der Waals surface area contributed by atoms with Crippen LogP contribution in [-0.4, -0.2) is 28.2 Å². The number of fused-ring (bicyclic) bond motifs is 1. The van der Waals surface area contributed by atoms with Crippen LogP contribution in [0.1, 0.15) is 0 Å². The number of halogens is 2. The van der Waals surface area contributed by atoms with E-state index in [0.29, 0.717) is 11.6 Å². The molecule has 0 aliphatic carbocycles. The molecule has 3 rings (SSSR count). The van der Waals surface area contributed by atoms with Gasteiger partial charge in [-0.25, -0.2) is 19.3 Å². The minimum Gasteiger partial charge on any atom is -0.367 e. The number of hydrogen-bond acceptors (Lipinski definition) is 5. The summed E-state index contributed by atoms with van der Waals surface area (Å²) >= 11 is 3.44. The first-order chi connectivity index (χ1) is 10.8. The van der Waals surface area contributed by atoms with Crippen molar-refractivity contribution in [2.75, 3.05) is 23.9 Å². The van der Waals surface area contributed by atoms with Gasteiger partial charge in [-0.15, -0.1) is 0 Å². The van der Waals surface area contributed by atoms with Crippen LogP contribution in [0.4, 0.5) is 21.7 Å². The molecule has 112 valence electrons. The first kappa shape index (κ1) is 14.6. The Morgan fingerprint density at radius 3 is 2.86 bits per heavy atom. The molecule has 0 aliphatic rings. The van der Waals surface area contributed by atoms with E-state index in [4.69, 9.17) is 0 Å². The van der Waals surface area contributed by atoms with Crippen LogP contribution in [0, 0.1) is 0 Å². The summed E-state index contributed by atoms with van der Waals surface area (Å²) in [5, 5.41) is 6.99. The van der Waals surface area contributed by atoms with Gasteiger partial charge in [-0.05, 0) is 24.3 Å². The van der Waals surface area contributed by atoms with Crippen LogP contribution in [0.2, 0.25) is 0 Å². The molecule has 2 N–H and O–H groups in total. The molecule has 5 nitrogen and oxygen atoms in total. The van der Waals surface area contributed by atoms with E-state index in [-0.39, 0.29) is 6.54 Å². The van der Waals surface area contributed by atoms with Gasteiger partial charge in [-0.2, -0.15) is 0 Å². The average Bonchev–Trinajstić information content (AvgIpc) is 2.53. The van der Waals surface area contributed by atoms with Gasteiger partial charge in [0, 0.05) is 22.1 Å². The molecule has 2 aromatic heterocycles. The normalized spacial score (nSPS) is 10.6. The van der Waals surface area contributed by atoms with E-state index >= 15 is 0 Å². The third-order valence-electron chi connectivity index (χ3n) is 3.01. The minimum atomic E-state index is -0.450. The molecule has 1 aromatic carbocycles. The smallest absolute Gasteiger partial charge is 0.141 e. The summed E-state index contributed by atoms with van der Waals surface area (Å²) in [6, 6.07) is 9.60. The van der Waals surface area contributed by atoms with Gasteiger partial charge in [0.25, 0.3) is 0 Å². The number of rotatable bonds is 5. The molecule has 3 aromatic rings. The van der Waals surface area contributed by atoms with Crippen molar-refractivity contribution in [1.82, 2.24) is 15.0 Å². The highest BCUT2D eigenvalue weighted by molar-refractivity contribution is 9.10. The van der Waals surface area contributed by atoms with E-state index in [0.717, 1.165) is 21.1 Å². The number of nitrogens with one attached hydrogen (secondary N) is 2. The first-order valence-corrected chi connectivity index (χ1v) is 7.49. The highest BCUT2D eigenvalue weighted by Crippen LogP contribution is 2.25. The van der Waals surface area contributed by atoms with Crippen molar-refractivity contribution >= 4 is 44.2 Å². The molecule has 0 aliphatic heterocycles. The predicted molar refractivity (Wildman–Crippen MR) is 89.2 cm³/mol. The van der Waals surface area contributed by atoms with E-state index in [1.165, 1.54) is 6.33 Å². The Bertz CT molecular complexity index is 796. The molecule has 0 saturated heterocycles. The SMILES string of the molecule is FCCNc1cc2c(Nc3cccc(Br)c3)ncnc2cn1. The van der Waals surface area contributed by atoms with E-state index in [2.05, 4.69) is 41.5 Å². The van der Waals surface area contributed by atoms with Gasteiger partial charge >= 0.3 is 0 Å². The van der Waals surface area contributed by atoms with Crippen LogP contribution in [0.15, 0.2) is 47.3 Å². The fourth-order valence-corrected chi connectivity index (χ4v) is 2.43. The monoisotopic (exact) mass is 361 g/mol. The molecule has 0 bridgehead atoms. The fourth-order valence-electron chi connectivity index (χ4n) is 2.03. The van der Waals surface area contributed by atoms with E-state index in [1.54, 1.807) is 6.20 Å². The first-order valence-electron chi connectivity index (χ1n) is 6.69. The molecule has 0 saturated carbocycles. The molecule has 0 fully saturated rings. The maximum Gasteiger partial charge on any atom is 0.141 e. The van der Waals surface area contributed by atoms with Crippen molar-refractivity contribution in [1.29, 1.82) is 0 Å². The van der Waals surface area contributed by atoms with Crippen LogP contribution in [0.3, 0.4) is 0 Å². The second-order valence-electron chi connectivity index (χ2n) is 4.56. The number of hydrogen-bond donors (Lipinski definition) is 2. The molecule has 0 atom stereocenters. The van der Waals surface area contributed by atoms with Crippen molar-refractivity contribution in [3.8, 4) is 0 Å². The van der Waals surface area contributed by atoms with Gasteiger partial charge in [-0.1, -0.05) is 22.0 Å². The zero-order valence-electron chi connectivity index (χ0n) is 11.6. The van der Waals surface area contributed by atoms with E-state index in [9.17, 15) is 4.39 Å². The van der Waals surface area contributed by atoms with Gasteiger partial charge in [-0.3, -0.25) is 0 Å². The molecular weight excluding hydrogens is 349 g/mol. The largest absolute Gasteiger partial charge is 0.367 e. The molecule has 7 heteroatoms. The Labute approximate surface area is 135 Å². The van der Waals surface area contributed by atoms with Gasteiger partial charge in [0.1, 0.15) is 24.6 Å². The Balaban J connectivity index is 1.97. The maximum atomic E-state index is 12.3. The Kier molecular flexibility index (Phi) is 4.43. The third kappa shape index (κ3) is 3.30. The average molecular weight is 362 g/mol. The number of nitrogens with zero attached hydrogens (tertiary/aromatic N) is 3. The Hall–Kier alpha value is -2.28. The lowest BCUT2D eigenvalue weighted by atomic mass is 10.2. The number of benzene rings is 1. The molecule has 22 heavy (non-hydrogen) atoms. The summed E-state index contributed by atoms with van der Waals surface area (Å²) in [5.41, 5.74) is 1.63. The van der Waals surface area contributed by atoms with E-state index in [1.807, 2.05) is 30.3 Å². The number of anilines is 3. The summed E-state index contributed by atoms with van der Waals surface area (Å²) in [7, 11) is 0. The van der Waals surface area contributed by atoms with Crippen molar-refractivity contribution in [3.63, 3.8) is 0 Å². The summed E-state index contributed by atoms with van der Waals surface area (Å²) < 4.78 is 13.2. The van der Waals surface area contributed by atoms with Crippen molar-refractivity contribution in [3.05, 3.63) is 47.3 Å². The Morgan fingerprint density at radius 1 is 1.14 bits per heavy atom. The Morgan fingerprint density at radius 2 is 2.05 bits per heavy atom. The molecule has 0 unspecified atom stereocenters. The summed E-state index contributed by atoms with van der Waals surface area (Å²) in [4.78, 5) is 12.7. The second-order valence-corrected chi connectivity index (χ2v) is 5.48. The highest BCUT2D eigenvalue weighted by Gasteiger charge is 2.06. The van der Waals surface area contributed by atoms with E-state index < -0.39 is 6.67 Å². The summed E-state index contributed by atoms with van der Waals surface area (Å²) in [6.07, 6.45) is 3.13. The van der Waals surface area contributed by atoms with Gasteiger partial charge in [0.15, 0.2) is 0 Å². The van der Waals surface area contributed by atoms with Crippen LogP contribution in [0.5, 0.6) is 0 Å². The lowest BCUT2D eigenvalue weighted by Gasteiger charge is -2.10. The van der Waals surface area contributed by atoms with Crippen LogP contribution in [-0.2, 0) is 0 Å². The standard InChI is InChI=1S/C15H13BrFN5/c16-10-2-1-3-11(6-10)22-15-12-7-14(18-5-4-17)19-8-13(12)20-9-21-15/h1-3,6-9H,4-5H2,(H,18,19)(H,20,21,22). The molecular formula is C15H13BrFN5. The van der Waals surface area contributed by atoms with Gasteiger partial charge in [0.2, 0.25) is 0 Å². The number of alkyl halides is 1. The lowest BCUT2D eigenvalue weighted by Crippen LogP contribution is -2.05. The zero-order valence-corrected chi connectivity index (χ0v) is 13.1. The van der Waals surface area contributed by atoms with Gasteiger partial charge in [0.05, 0.1) is 11.7 Å². The topological polar surface area (TPSA) is 62.7 Å². The number of aromatic nitrogens is 3. The van der Waals surface area contributed by atoms with Gasteiger partial charge < -0.3 is 10.6 Å². The molecule has 2 heterocycles. The quantitative estimate of drug-likeness (QED) is 0.721. The molecule has 0 spiro atoms. The zero-order chi connectivity index (χ0) is 15.4. The fraction of sp³-hybridized carbons (Fsp3) is 0.133.